The average Bonchev–Trinajstić information content (AvgIpc) is 3.38. The number of nitrogens with zero attached hydrogens (tertiary/aromatic N) is 3. The number of rotatable bonds is 3. The van der Waals surface area contributed by atoms with Crippen molar-refractivity contribution in [2.24, 2.45) is 28.9 Å². The number of H-pyrrole nitrogens is 1. The molecule has 33 heavy (non-hydrogen) atoms. The molecule has 0 radical (unpaired) electrons. The number of hydrogen-bond donors (Lipinski definition) is 2. The van der Waals surface area contributed by atoms with E-state index >= 15 is 0 Å². The fourth-order valence-electron chi connectivity index (χ4n) is 7.33. The number of amides is 2. The van der Waals surface area contributed by atoms with Crippen LogP contribution in [-0.4, -0.2) is 45.6 Å². The van der Waals surface area contributed by atoms with Crippen molar-refractivity contribution in [1.82, 2.24) is 14.5 Å². The maximum Gasteiger partial charge on any atom is 0.410 e. The number of carbonyl (C=O) groups excluding carboxylic acids is 2. The summed E-state index contributed by atoms with van der Waals surface area (Å²) >= 11 is 0. The Balaban J connectivity index is 1.17. The molecular formula is C24H27N5O4. The summed E-state index contributed by atoms with van der Waals surface area (Å²) in [5.74, 6) is 0.712. The SMILES string of the molecule is N#Cc1ccc2[nH]c(=O)n([C@@H]3CCN(C(=O)O[C@H]4C5CC6CC4C[C@](C(N)=O)(C6)C5)C3)c2c1. The molecule has 3 N–H and O–H groups in total. The highest BCUT2D eigenvalue weighted by atomic mass is 16.6. The Hall–Kier alpha value is -3.28. The van der Waals surface area contributed by atoms with E-state index in [1.807, 2.05) is 0 Å². The number of nitrogens with one attached hydrogen (secondary N) is 1. The number of primary amides is 1. The predicted octanol–water partition coefficient (Wildman–Crippen LogP) is 2.26. The number of hydrogen-bond acceptors (Lipinski definition) is 5. The van der Waals surface area contributed by atoms with Crippen LogP contribution in [-0.2, 0) is 9.53 Å². The summed E-state index contributed by atoms with van der Waals surface area (Å²) in [5.41, 5.74) is 6.96. The van der Waals surface area contributed by atoms with Crippen LogP contribution in [0.15, 0.2) is 23.0 Å². The minimum Gasteiger partial charge on any atom is -0.446 e. The lowest BCUT2D eigenvalue weighted by atomic mass is 9.48. The predicted molar refractivity (Wildman–Crippen MR) is 118 cm³/mol. The fraction of sp³-hybridized carbons (Fsp3) is 0.583. The lowest BCUT2D eigenvalue weighted by Gasteiger charge is -2.58. The second kappa shape index (κ2) is 7.11. The largest absolute Gasteiger partial charge is 0.446 e. The van der Waals surface area contributed by atoms with Gasteiger partial charge in [-0.3, -0.25) is 9.36 Å². The number of likely N-dealkylation sites (tertiary alicyclic amines) is 1. The standard InChI is InChI=1S/C24H27N5O4/c25-11-13-1-2-18-19(7-13)29(22(31)27-18)17-3-4-28(12-17)23(32)33-20-15-5-14-6-16(20)10-24(8-14,9-15)21(26)30/h1-2,7,14-17,20H,3-6,8-10,12H2,(H2,26,30)(H,27,31)/t14?,15?,16?,17-,20-,24-/m1/s1. The molecule has 2 heterocycles. The van der Waals surface area contributed by atoms with Gasteiger partial charge in [0.15, 0.2) is 0 Å². The molecule has 2 unspecified atom stereocenters. The third kappa shape index (κ3) is 3.07. The van der Waals surface area contributed by atoms with Gasteiger partial charge in [-0.2, -0.15) is 5.26 Å². The number of nitrogens with two attached hydrogens (primary N) is 1. The van der Waals surface area contributed by atoms with Crippen molar-refractivity contribution in [1.29, 1.82) is 5.26 Å². The molecule has 9 heteroatoms. The van der Waals surface area contributed by atoms with Crippen molar-refractivity contribution >= 4 is 23.0 Å². The van der Waals surface area contributed by atoms with Gasteiger partial charge in [-0.25, -0.2) is 9.59 Å². The number of fused-ring (bicyclic) bond motifs is 1. The van der Waals surface area contributed by atoms with Gasteiger partial charge < -0.3 is 20.4 Å². The van der Waals surface area contributed by atoms with E-state index in [0.717, 1.165) is 32.1 Å². The molecule has 0 spiro atoms. The molecule has 5 aliphatic rings. The number of imidazole rings is 1. The number of ether oxygens (including phenoxy) is 1. The molecule has 4 saturated carbocycles. The van der Waals surface area contributed by atoms with Crippen LogP contribution in [0.1, 0.15) is 50.1 Å². The zero-order valence-electron chi connectivity index (χ0n) is 18.3. The molecule has 7 rings (SSSR count). The monoisotopic (exact) mass is 449 g/mol. The molecule has 3 atom stereocenters. The van der Waals surface area contributed by atoms with E-state index in [9.17, 15) is 19.6 Å². The lowest BCUT2D eigenvalue weighted by molar-refractivity contribution is -0.161. The topological polar surface area (TPSA) is 134 Å². The van der Waals surface area contributed by atoms with Crippen molar-refractivity contribution in [2.75, 3.05) is 13.1 Å². The first kappa shape index (κ1) is 20.3. The molecule has 9 nitrogen and oxygen atoms in total. The Morgan fingerprint density at radius 3 is 2.67 bits per heavy atom. The van der Waals surface area contributed by atoms with Crippen LogP contribution >= 0.6 is 0 Å². The Morgan fingerprint density at radius 2 is 1.97 bits per heavy atom. The van der Waals surface area contributed by atoms with Gasteiger partial charge >= 0.3 is 11.8 Å². The van der Waals surface area contributed by atoms with E-state index in [1.54, 1.807) is 27.7 Å². The van der Waals surface area contributed by atoms with Crippen molar-refractivity contribution in [3.8, 4) is 6.07 Å². The second-order valence-corrected chi connectivity index (χ2v) is 10.5. The van der Waals surface area contributed by atoms with Gasteiger partial charge in [-0.05, 0) is 74.5 Å². The van der Waals surface area contributed by atoms with Crippen LogP contribution in [0.25, 0.3) is 11.0 Å². The first-order valence-electron chi connectivity index (χ1n) is 11.8. The summed E-state index contributed by atoms with van der Waals surface area (Å²) in [6.45, 7) is 0.898. The van der Waals surface area contributed by atoms with Crippen molar-refractivity contribution in [2.45, 2.75) is 50.7 Å². The molecule has 2 aromatic rings. The van der Waals surface area contributed by atoms with E-state index < -0.39 is 5.41 Å². The van der Waals surface area contributed by atoms with Crippen LogP contribution < -0.4 is 11.4 Å². The molecule has 2 amide bonds. The van der Waals surface area contributed by atoms with E-state index in [-0.39, 0.29) is 41.7 Å². The molecule has 5 fully saturated rings. The smallest absolute Gasteiger partial charge is 0.410 e. The normalized spacial score (nSPS) is 34.5. The summed E-state index contributed by atoms with van der Waals surface area (Å²) in [7, 11) is 0. The van der Waals surface area contributed by atoms with E-state index in [1.165, 1.54) is 0 Å². The van der Waals surface area contributed by atoms with Gasteiger partial charge in [0.25, 0.3) is 0 Å². The van der Waals surface area contributed by atoms with Gasteiger partial charge in [0.1, 0.15) is 6.10 Å². The Kier molecular flexibility index (Phi) is 4.38. The van der Waals surface area contributed by atoms with Crippen LogP contribution in [0, 0.1) is 34.5 Å². The van der Waals surface area contributed by atoms with Gasteiger partial charge in [0.2, 0.25) is 5.91 Å². The van der Waals surface area contributed by atoms with Crippen LogP contribution in [0.2, 0.25) is 0 Å². The number of benzene rings is 1. The minimum atomic E-state index is -0.406. The molecule has 1 aliphatic heterocycles. The van der Waals surface area contributed by atoms with Crippen molar-refractivity contribution < 1.29 is 14.3 Å². The summed E-state index contributed by atoms with van der Waals surface area (Å²) in [5, 5.41) is 9.22. The highest BCUT2D eigenvalue weighted by molar-refractivity contribution is 5.81. The van der Waals surface area contributed by atoms with Crippen LogP contribution in [0.4, 0.5) is 4.79 Å². The maximum atomic E-state index is 13.1. The van der Waals surface area contributed by atoms with E-state index in [4.69, 9.17) is 10.5 Å². The zero-order chi connectivity index (χ0) is 22.9. The van der Waals surface area contributed by atoms with Gasteiger partial charge in [0, 0.05) is 13.1 Å². The highest BCUT2D eigenvalue weighted by Gasteiger charge is 2.59. The Morgan fingerprint density at radius 1 is 1.21 bits per heavy atom. The molecule has 1 aromatic carbocycles. The van der Waals surface area contributed by atoms with Crippen LogP contribution in [0.5, 0.6) is 0 Å². The molecule has 1 saturated heterocycles. The van der Waals surface area contributed by atoms with Gasteiger partial charge in [-0.15, -0.1) is 0 Å². The molecule has 1 aromatic heterocycles. The summed E-state index contributed by atoms with van der Waals surface area (Å²) in [6, 6.07) is 7.05. The Bertz CT molecular complexity index is 1240. The minimum absolute atomic E-state index is 0.158. The molecule has 4 aliphatic carbocycles. The highest BCUT2D eigenvalue weighted by Crippen LogP contribution is 2.60. The van der Waals surface area contributed by atoms with E-state index in [0.29, 0.717) is 42.0 Å². The van der Waals surface area contributed by atoms with Gasteiger partial charge in [-0.1, -0.05) is 0 Å². The van der Waals surface area contributed by atoms with Gasteiger partial charge in [0.05, 0.1) is 34.1 Å². The molecule has 4 bridgehead atoms. The first-order chi connectivity index (χ1) is 15.9. The third-order valence-corrected chi connectivity index (χ3v) is 8.58. The molecule has 172 valence electrons. The third-order valence-electron chi connectivity index (χ3n) is 8.58. The fourth-order valence-corrected chi connectivity index (χ4v) is 7.33. The number of carbonyl (C=O) groups is 2. The summed E-state index contributed by atoms with van der Waals surface area (Å²) in [4.78, 5) is 42.4. The number of aromatic nitrogens is 2. The first-order valence-corrected chi connectivity index (χ1v) is 11.8. The maximum absolute atomic E-state index is 13.1. The summed E-state index contributed by atoms with van der Waals surface area (Å²) < 4.78 is 7.71. The lowest BCUT2D eigenvalue weighted by Crippen LogP contribution is -2.59. The Labute approximate surface area is 190 Å². The van der Waals surface area contributed by atoms with Crippen molar-refractivity contribution in [3.63, 3.8) is 0 Å². The van der Waals surface area contributed by atoms with E-state index in [2.05, 4.69) is 11.1 Å². The quantitative estimate of drug-likeness (QED) is 0.741. The number of nitriles is 1. The second-order valence-electron chi connectivity index (χ2n) is 10.5. The van der Waals surface area contributed by atoms with Crippen LogP contribution in [0.3, 0.4) is 0 Å². The number of aromatic amines is 1. The summed E-state index contributed by atoms with van der Waals surface area (Å²) in [6.07, 6.45) is 4.47. The molecular weight excluding hydrogens is 422 g/mol. The average molecular weight is 450 g/mol. The zero-order valence-corrected chi connectivity index (χ0v) is 18.3. The van der Waals surface area contributed by atoms with Crippen molar-refractivity contribution in [3.05, 3.63) is 34.2 Å².